The number of aromatic nitrogens is 1. The number of piperazine rings is 1. The van der Waals surface area contributed by atoms with Crippen molar-refractivity contribution in [2.45, 2.75) is 47.2 Å². The Kier molecular flexibility index (Phi) is 7.44. The van der Waals surface area contributed by atoms with Crippen LogP contribution in [-0.2, 0) is 6.54 Å². The van der Waals surface area contributed by atoms with Crippen molar-refractivity contribution in [3.8, 4) is 11.5 Å². The van der Waals surface area contributed by atoms with E-state index in [1.165, 1.54) is 11.1 Å². The second kappa shape index (κ2) is 9.88. The van der Waals surface area contributed by atoms with Crippen molar-refractivity contribution < 1.29 is 14.3 Å². The van der Waals surface area contributed by atoms with Crippen LogP contribution in [0.15, 0.2) is 18.2 Å². The summed E-state index contributed by atoms with van der Waals surface area (Å²) in [6.45, 7) is 15.7. The zero-order valence-electron chi connectivity index (χ0n) is 20.1. The van der Waals surface area contributed by atoms with Crippen LogP contribution in [0.25, 0.3) is 0 Å². The standard InChI is InChI=1S/C25H37N3O3/c1-17(2)28-19(4)13-22(20(28)5)23(29)16-27-10-8-26(9-11-27)15-21-14-25(31-7)24(30-6)12-18(21)3/h12-14,17H,8-11,15-16H2,1-7H3. The molecule has 1 saturated heterocycles. The van der Waals surface area contributed by atoms with E-state index in [0.717, 1.165) is 61.2 Å². The van der Waals surface area contributed by atoms with Gasteiger partial charge in [-0.1, -0.05) is 0 Å². The lowest BCUT2D eigenvalue weighted by Gasteiger charge is -2.34. The number of carbonyl (C=O) groups is 1. The first-order valence-electron chi connectivity index (χ1n) is 11.1. The average Bonchev–Trinajstić information content (AvgIpc) is 3.04. The van der Waals surface area contributed by atoms with Crippen molar-refractivity contribution in [2.75, 3.05) is 46.9 Å². The Balaban J connectivity index is 1.58. The van der Waals surface area contributed by atoms with E-state index < -0.39 is 0 Å². The molecule has 1 aliphatic heterocycles. The molecule has 0 aliphatic carbocycles. The molecule has 0 saturated carbocycles. The van der Waals surface area contributed by atoms with E-state index in [0.29, 0.717) is 12.6 Å². The molecular weight excluding hydrogens is 390 g/mol. The highest BCUT2D eigenvalue weighted by Gasteiger charge is 2.23. The van der Waals surface area contributed by atoms with Gasteiger partial charge in [0.2, 0.25) is 0 Å². The molecular formula is C25H37N3O3. The summed E-state index contributed by atoms with van der Waals surface area (Å²) < 4.78 is 13.1. The van der Waals surface area contributed by atoms with E-state index >= 15 is 0 Å². The maximum absolute atomic E-state index is 13.0. The predicted molar refractivity (Wildman–Crippen MR) is 125 cm³/mol. The van der Waals surface area contributed by atoms with Gasteiger partial charge in [0.15, 0.2) is 17.3 Å². The molecule has 2 heterocycles. The summed E-state index contributed by atoms with van der Waals surface area (Å²) in [5.41, 5.74) is 5.57. The third-order valence-electron chi connectivity index (χ3n) is 6.37. The molecule has 0 N–H and O–H groups in total. The topological polar surface area (TPSA) is 46.9 Å². The van der Waals surface area contributed by atoms with Gasteiger partial charge in [0.1, 0.15) is 0 Å². The Morgan fingerprint density at radius 3 is 2.06 bits per heavy atom. The first-order chi connectivity index (χ1) is 14.7. The van der Waals surface area contributed by atoms with Crippen LogP contribution in [0.2, 0.25) is 0 Å². The number of ketones is 1. The third kappa shape index (κ3) is 5.13. The highest BCUT2D eigenvalue weighted by atomic mass is 16.5. The van der Waals surface area contributed by atoms with Crippen molar-refractivity contribution in [1.29, 1.82) is 0 Å². The van der Waals surface area contributed by atoms with Crippen LogP contribution in [0, 0.1) is 20.8 Å². The Morgan fingerprint density at radius 2 is 1.52 bits per heavy atom. The van der Waals surface area contributed by atoms with Gasteiger partial charge in [-0.15, -0.1) is 0 Å². The number of hydrogen-bond acceptors (Lipinski definition) is 5. The fourth-order valence-corrected chi connectivity index (χ4v) is 4.68. The average molecular weight is 428 g/mol. The molecule has 31 heavy (non-hydrogen) atoms. The van der Waals surface area contributed by atoms with Crippen molar-refractivity contribution >= 4 is 5.78 Å². The molecule has 3 rings (SSSR count). The summed E-state index contributed by atoms with van der Waals surface area (Å²) in [5, 5.41) is 0. The minimum Gasteiger partial charge on any atom is -0.493 e. The lowest BCUT2D eigenvalue weighted by Crippen LogP contribution is -2.47. The largest absolute Gasteiger partial charge is 0.493 e. The Labute approximate surface area is 186 Å². The molecule has 1 aromatic heterocycles. The van der Waals surface area contributed by atoms with Crippen LogP contribution in [0.3, 0.4) is 0 Å². The van der Waals surface area contributed by atoms with Gasteiger partial charge in [0, 0.05) is 55.7 Å². The van der Waals surface area contributed by atoms with E-state index in [9.17, 15) is 4.79 Å². The zero-order chi connectivity index (χ0) is 22.7. The summed E-state index contributed by atoms with van der Waals surface area (Å²) in [6, 6.07) is 6.53. The minimum atomic E-state index is 0.226. The second-order valence-corrected chi connectivity index (χ2v) is 8.86. The van der Waals surface area contributed by atoms with Gasteiger partial charge in [-0.3, -0.25) is 14.6 Å². The molecule has 0 bridgehead atoms. The quantitative estimate of drug-likeness (QED) is 0.596. The van der Waals surface area contributed by atoms with Crippen molar-refractivity contribution in [3.05, 3.63) is 46.3 Å². The van der Waals surface area contributed by atoms with Crippen LogP contribution in [0.4, 0.5) is 0 Å². The molecule has 6 nitrogen and oxygen atoms in total. The number of methoxy groups -OCH3 is 2. The van der Waals surface area contributed by atoms with E-state index in [4.69, 9.17) is 9.47 Å². The normalized spacial score (nSPS) is 15.5. The maximum atomic E-state index is 13.0. The monoisotopic (exact) mass is 427 g/mol. The van der Waals surface area contributed by atoms with Gasteiger partial charge in [0.25, 0.3) is 0 Å². The first-order valence-corrected chi connectivity index (χ1v) is 11.1. The predicted octanol–water partition coefficient (Wildman–Crippen LogP) is 4.01. The molecule has 1 aliphatic rings. The molecule has 0 radical (unpaired) electrons. The summed E-state index contributed by atoms with van der Waals surface area (Å²) in [7, 11) is 3.34. The third-order valence-corrected chi connectivity index (χ3v) is 6.37. The van der Waals surface area contributed by atoms with E-state index in [1.54, 1.807) is 14.2 Å². The molecule has 6 heteroatoms. The summed E-state index contributed by atoms with van der Waals surface area (Å²) in [5.74, 6) is 1.76. The molecule has 0 amide bonds. The SMILES string of the molecule is COc1cc(C)c(CN2CCN(CC(=O)c3cc(C)n(C(C)C)c3C)CC2)cc1OC. The molecule has 1 fully saturated rings. The number of rotatable bonds is 8. The Morgan fingerprint density at radius 1 is 0.935 bits per heavy atom. The molecule has 0 atom stereocenters. The molecule has 2 aromatic rings. The number of hydrogen-bond donors (Lipinski definition) is 0. The number of ether oxygens (including phenoxy) is 2. The second-order valence-electron chi connectivity index (χ2n) is 8.86. The van der Waals surface area contributed by atoms with Crippen molar-refractivity contribution in [2.24, 2.45) is 0 Å². The fourth-order valence-electron chi connectivity index (χ4n) is 4.68. The number of carbonyl (C=O) groups excluding carboxylic acids is 1. The van der Waals surface area contributed by atoms with E-state index in [-0.39, 0.29) is 5.78 Å². The number of nitrogens with zero attached hydrogens (tertiary/aromatic N) is 3. The first kappa shape index (κ1) is 23.4. The van der Waals surface area contributed by atoms with Crippen LogP contribution < -0.4 is 9.47 Å². The van der Waals surface area contributed by atoms with Crippen LogP contribution >= 0.6 is 0 Å². The van der Waals surface area contributed by atoms with Gasteiger partial charge >= 0.3 is 0 Å². The van der Waals surface area contributed by atoms with Gasteiger partial charge in [0.05, 0.1) is 20.8 Å². The number of aryl methyl sites for hydroxylation is 2. The van der Waals surface area contributed by atoms with Gasteiger partial charge < -0.3 is 14.0 Å². The highest BCUT2D eigenvalue weighted by molar-refractivity contribution is 5.99. The van der Waals surface area contributed by atoms with Crippen LogP contribution in [-0.4, -0.2) is 67.1 Å². The van der Waals surface area contributed by atoms with Crippen molar-refractivity contribution in [3.63, 3.8) is 0 Å². The highest BCUT2D eigenvalue weighted by Crippen LogP contribution is 2.31. The zero-order valence-corrected chi connectivity index (χ0v) is 20.1. The maximum Gasteiger partial charge on any atom is 0.178 e. The Hall–Kier alpha value is -2.31. The summed E-state index contributed by atoms with van der Waals surface area (Å²) in [4.78, 5) is 17.7. The number of Topliss-reactive ketones (excluding diaryl/α,β-unsaturated/α-hetero) is 1. The minimum absolute atomic E-state index is 0.226. The molecule has 1 aromatic carbocycles. The van der Waals surface area contributed by atoms with Gasteiger partial charge in [-0.2, -0.15) is 0 Å². The van der Waals surface area contributed by atoms with Gasteiger partial charge in [-0.25, -0.2) is 0 Å². The number of benzene rings is 1. The molecule has 0 unspecified atom stereocenters. The summed E-state index contributed by atoms with van der Waals surface area (Å²) >= 11 is 0. The summed E-state index contributed by atoms with van der Waals surface area (Å²) in [6.07, 6.45) is 0. The smallest absolute Gasteiger partial charge is 0.178 e. The van der Waals surface area contributed by atoms with Crippen LogP contribution in [0.5, 0.6) is 11.5 Å². The van der Waals surface area contributed by atoms with Gasteiger partial charge in [-0.05, 0) is 63.9 Å². The van der Waals surface area contributed by atoms with Crippen molar-refractivity contribution in [1.82, 2.24) is 14.4 Å². The fraction of sp³-hybridized carbons (Fsp3) is 0.560. The Bertz CT molecular complexity index is 925. The van der Waals surface area contributed by atoms with E-state index in [2.05, 4.69) is 55.1 Å². The molecule has 170 valence electrons. The van der Waals surface area contributed by atoms with Crippen LogP contribution in [0.1, 0.15) is 52.8 Å². The lowest BCUT2D eigenvalue weighted by molar-refractivity contribution is 0.0843. The molecule has 0 spiro atoms. The van der Waals surface area contributed by atoms with E-state index in [1.807, 2.05) is 12.1 Å². The lowest BCUT2D eigenvalue weighted by atomic mass is 10.1.